The fourth-order valence-electron chi connectivity index (χ4n) is 3.70. The highest BCUT2D eigenvalue weighted by Gasteiger charge is 2.37. The number of amides is 4. The molecule has 3 rings (SSSR count). The summed E-state index contributed by atoms with van der Waals surface area (Å²) in [5, 5.41) is 13.8. The lowest BCUT2D eigenvalue weighted by atomic mass is 10.1. The third kappa shape index (κ3) is 6.08. The smallest absolute Gasteiger partial charge is 0.305 e. The van der Waals surface area contributed by atoms with E-state index in [1.807, 2.05) is 0 Å². The molecule has 0 aliphatic carbocycles. The van der Waals surface area contributed by atoms with Crippen LogP contribution in [0.15, 0.2) is 54.6 Å². The highest BCUT2D eigenvalue weighted by atomic mass is 16.4. The van der Waals surface area contributed by atoms with Crippen molar-refractivity contribution in [1.82, 2.24) is 10.6 Å². The van der Waals surface area contributed by atoms with Crippen molar-refractivity contribution in [2.75, 3.05) is 22.9 Å². The third-order valence-corrected chi connectivity index (χ3v) is 5.32. The first kappa shape index (κ1) is 25.1. The minimum absolute atomic E-state index is 0.169. The molecule has 0 saturated carbocycles. The topological polar surface area (TPSA) is 153 Å². The zero-order valence-corrected chi connectivity index (χ0v) is 18.8. The summed E-state index contributed by atoms with van der Waals surface area (Å²) in [6, 6.07) is 12.2. The highest BCUT2D eigenvalue weighted by molar-refractivity contribution is 6.10. The molecule has 0 fully saturated rings. The zero-order valence-electron chi connectivity index (χ0n) is 18.8. The number of hydrogen-bond acceptors (Lipinski definition) is 6. The zero-order chi connectivity index (χ0) is 25.5. The Bertz CT molecular complexity index is 1150. The van der Waals surface area contributed by atoms with Crippen LogP contribution in [0, 0.1) is 0 Å². The van der Waals surface area contributed by atoms with Crippen LogP contribution in [0.4, 0.5) is 11.4 Å². The standard InChI is InChI=1S/C24H24N4O7/c1-15(30)27-12-18(26-23(34)16-7-3-2-4-8-16)24(35)28(20-10-6-5-9-19(20)27)13-21(31)25-17(14-29)11-22(32)33/h2-10,14,17-18H,11-13H2,1H3,(H,25,31)(H,26,34)(H,32,33)/t17-,18-/m0/s1. The van der Waals surface area contributed by atoms with Crippen LogP contribution in [0.2, 0.25) is 0 Å². The molecule has 182 valence electrons. The van der Waals surface area contributed by atoms with E-state index in [-0.39, 0.29) is 18.1 Å². The lowest BCUT2D eigenvalue weighted by Crippen LogP contribution is -2.54. The minimum atomic E-state index is -1.28. The quantitative estimate of drug-likeness (QED) is 0.461. The van der Waals surface area contributed by atoms with Gasteiger partial charge in [0.2, 0.25) is 11.8 Å². The van der Waals surface area contributed by atoms with Gasteiger partial charge in [0.15, 0.2) is 0 Å². The number of rotatable bonds is 8. The fourth-order valence-corrected chi connectivity index (χ4v) is 3.70. The maximum absolute atomic E-state index is 13.5. The van der Waals surface area contributed by atoms with Crippen molar-refractivity contribution < 1.29 is 33.9 Å². The Labute approximate surface area is 200 Å². The number of carbonyl (C=O) groups excluding carboxylic acids is 5. The molecule has 4 amide bonds. The fraction of sp³-hybridized carbons (Fsp3) is 0.250. The SMILES string of the molecule is CC(=O)N1C[C@H](NC(=O)c2ccccc2)C(=O)N(CC(=O)N[C@H](C=O)CC(=O)O)c2ccccc21. The minimum Gasteiger partial charge on any atom is -0.481 e. The maximum Gasteiger partial charge on any atom is 0.305 e. The molecule has 3 N–H and O–H groups in total. The summed E-state index contributed by atoms with van der Waals surface area (Å²) in [6.07, 6.45) is -0.321. The van der Waals surface area contributed by atoms with Crippen molar-refractivity contribution in [1.29, 1.82) is 0 Å². The summed E-state index contributed by atoms with van der Waals surface area (Å²) < 4.78 is 0. The van der Waals surface area contributed by atoms with E-state index in [0.29, 0.717) is 17.5 Å². The van der Waals surface area contributed by atoms with Crippen molar-refractivity contribution in [3.8, 4) is 0 Å². The molecule has 11 nitrogen and oxygen atoms in total. The molecule has 2 aromatic carbocycles. The van der Waals surface area contributed by atoms with Gasteiger partial charge in [0.1, 0.15) is 18.9 Å². The summed E-state index contributed by atoms with van der Waals surface area (Å²) in [6.45, 7) is 0.585. The van der Waals surface area contributed by atoms with Gasteiger partial charge in [-0.05, 0) is 24.3 Å². The molecule has 11 heteroatoms. The second kappa shape index (κ2) is 11.1. The molecular weight excluding hydrogens is 456 g/mol. The van der Waals surface area contributed by atoms with Crippen molar-refractivity contribution >= 4 is 47.3 Å². The van der Waals surface area contributed by atoms with E-state index in [4.69, 9.17) is 5.11 Å². The van der Waals surface area contributed by atoms with Crippen LogP contribution in [-0.2, 0) is 24.0 Å². The lowest BCUT2D eigenvalue weighted by molar-refractivity contribution is -0.139. The summed E-state index contributed by atoms with van der Waals surface area (Å²) in [5.41, 5.74) is 0.915. The van der Waals surface area contributed by atoms with Gasteiger partial charge in [0, 0.05) is 12.5 Å². The normalized spacial score (nSPS) is 15.9. The Hall–Kier alpha value is -4.54. The third-order valence-electron chi connectivity index (χ3n) is 5.32. The number of hydrogen-bond donors (Lipinski definition) is 3. The van der Waals surface area contributed by atoms with E-state index < -0.39 is 48.7 Å². The van der Waals surface area contributed by atoms with Gasteiger partial charge in [-0.3, -0.25) is 28.9 Å². The molecular formula is C24H24N4O7. The highest BCUT2D eigenvalue weighted by Crippen LogP contribution is 2.32. The number of nitrogens with zero attached hydrogens (tertiary/aromatic N) is 2. The molecule has 0 saturated heterocycles. The van der Waals surface area contributed by atoms with Crippen molar-refractivity contribution in [3.63, 3.8) is 0 Å². The number of nitrogens with one attached hydrogen (secondary N) is 2. The average molecular weight is 480 g/mol. The second-order valence-electron chi connectivity index (χ2n) is 7.84. The molecule has 0 spiro atoms. The van der Waals surface area contributed by atoms with Gasteiger partial charge < -0.3 is 25.4 Å². The predicted octanol–water partition coefficient (Wildman–Crippen LogP) is 0.343. The molecule has 0 radical (unpaired) electrons. The van der Waals surface area contributed by atoms with E-state index in [1.165, 1.54) is 11.8 Å². The lowest BCUT2D eigenvalue weighted by Gasteiger charge is -2.25. The molecule has 1 heterocycles. The maximum atomic E-state index is 13.5. The van der Waals surface area contributed by atoms with Gasteiger partial charge in [0.05, 0.1) is 30.4 Å². The number of aliphatic carboxylic acids is 1. The van der Waals surface area contributed by atoms with Crippen LogP contribution in [0.25, 0.3) is 0 Å². The Morgan fingerprint density at radius 1 is 1.06 bits per heavy atom. The van der Waals surface area contributed by atoms with Crippen LogP contribution in [-0.4, -0.2) is 66.2 Å². The summed E-state index contributed by atoms with van der Waals surface area (Å²) in [5.74, 6) is -3.62. The Balaban J connectivity index is 1.93. The van der Waals surface area contributed by atoms with Gasteiger partial charge in [-0.2, -0.15) is 0 Å². The molecule has 1 aliphatic rings. The number of carbonyl (C=O) groups is 6. The van der Waals surface area contributed by atoms with Gasteiger partial charge >= 0.3 is 5.97 Å². The Morgan fingerprint density at radius 2 is 1.69 bits per heavy atom. The van der Waals surface area contributed by atoms with Gasteiger partial charge in [0.25, 0.3) is 11.8 Å². The Kier molecular flexibility index (Phi) is 7.92. The van der Waals surface area contributed by atoms with Crippen molar-refractivity contribution in [2.45, 2.75) is 25.4 Å². The molecule has 0 aromatic heterocycles. The van der Waals surface area contributed by atoms with Crippen molar-refractivity contribution in [3.05, 3.63) is 60.2 Å². The molecule has 2 aromatic rings. The van der Waals surface area contributed by atoms with Crippen molar-refractivity contribution in [2.24, 2.45) is 0 Å². The first-order chi connectivity index (χ1) is 16.7. The first-order valence-electron chi connectivity index (χ1n) is 10.7. The number of anilines is 2. The van der Waals surface area contributed by atoms with E-state index in [2.05, 4.69) is 10.6 Å². The first-order valence-corrected chi connectivity index (χ1v) is 10.7. The number of carboxylic acids is 1. The van der Waals surface area contributed by atoms with Crippen LogP contribution in [0.3, 0.4) is 0 Å². The van der Waals surface area contributed by atoms with Crippen LogP contribution in [0.1, 0.15) is 23.7 Å². The summed E-state index contributed by atoms with van der Waals surface area (Å²) >= 11 is 0. The number of para-hydroxylation sites is 2. The average Bonchev–Trinajstić information content (AvgIpc) is 2.94. The number of benzene rings is 2. The molecule has 35 heavy (non-hydrogen) atoms. The van der Waals surface area contributed by atoms with Gasteiger partial charge in [-0.15, -0.1) is 0 Å². The van der Waals surface area contributed by atoms with Crippen LogP contribution >= 0.6 is 0 Å². The molecule has 2 atom stereocenters. The summed E-state index contributed by atoms with van der Waals surface area (Å²) in [7, 11) is 0. The van der Waals surface area contributed by atoms with E-state index in [0.717, 1.165) is 4.90 Å². The van der Waals surface area contributed by atoms with E-state index >= 15 is 0 Å². The number of fused-ring (bicyclic) bond motifs is 1. The van der Waals surface area contributed by atoms with Crippen LogP contribution < -0.4 is 20.4 Å². The van der Waals surface area contributed by atoms with Crippen LogP contribution in [0.5, 0.6) is 0 Å². The molecule has 1 aliphatic heterocycles. The number of carboxylic acid groups (broad SMARTS) is 1. The van der Waals surface area contributed by atoms with Gasteiger partial charge in [-0.25, -0.2) is 0 Å². The summed E-state index contributed by atoms with van der Waals surface area (Å²) in [4.78, 5) is 75.9. The monoisotopic (exact) mass is 480 g/mol. The largest absolute Gasteiger partial charge is 0.481 e. The Morgan fingerprint density at radius 3 is 2.29 bits per heavy atom. The van der Waals surface area contributed by atoms with E-state index in [1.54, 1.807) is 54.6 Å². The van der Waals surface area contributed by atoms with Gasteiger partial charge in [-0.1, -0.05) is 30.3 Å². The molecule has 0 bridgehead atoms. The van der Waals surface area contributed by atoms with E-state index in [9.17, 15) is 28.8 Å². The molecule has 0 unspecified atom stereocenters. The predicted molar refractivity (Wildman–Crippen MR) is 125 cm³/mol. The second-order valence-corrected chi connectivity index (χ2v) is 7.84. The number of aldehydes is 1.